The average Bonchev–Trinajstić information content (AvgIpc) is 2.49. The molecule has 22 heavy (non-hydrogen) atoms. The topological polar surface area (TPSA) is 77.0 Å². The van der Waals surface area contributed by atoms with Crippen LogP contribution in [-0.2, 0) is 16.4 Å². The third-order valence-electron chi connectivity index (χ3n) is 3.96. The number of piperazine rings is 1. The van der Waals surface area contributed by atoms with Crippen LogP contribution in [0, 0.1) is 0 Å². The van der Waals surface area contributed by atoms with Crippen LogP contribution < -0.4 is 10.7 Å². The summed E-state index contributed by atoms with van der Waals surface area (Å²) >= 11 is 0. The van der Waals surface area contributed by atoms with Crippen LogP contribution in [0.15, 0.2) is 27.5 Å². The second-order valence-electron chi connectivity index (χ2n) is 5.63. The van der Waals surface area contributed by atoms with Gasteiger partial charge in [0, 0.05) is 26.2 Å². The summed E-state index contributed by atoms with van der Waals surface area (Å²) in [6.07, 6.45) is 0.791. The minimum Gasteiger partial charge on any atom is -0.323 e. The van der Waals surface area contributed by atoms with Crippen LogP contribution >= 0.6 is 0 Å². The second kappa shape index (κ2) is 5.86. The Morgan fingerprint density at radius 1 is 1.27 bits per heavy atom. The lowest BCUT2D eigenvalue weighted by atomic mass is 10.1. The highest BCUT2D eigenvalue weighted by molar-refractivity contribution is 7.90. The number of hydrazine groups is 1. The molecule has 0 aromatic heterocycles. The first-order chi connectivity index (χ1) is 10.5. The maximum atomic E-state index is 12.4. The second-order valence-corrected chi connectivity index (χ2v) is 7.20. The van der Waals surface area contributed by atoms with E-state index in [9.17, 15) is 8.42 Å². The molecule has 0 radical (unpaired) electrons. The third-order valence-corrected chi connectivity index (χ3v) is 5.28. The van der Waals surface area contributed by atoms with Gasteiger partial charge in [0.05, 0.1) is 5.69 Å². The van der Waals surface area contributed by atoms with Gasteiger partial charge in [-0.05, 0) is 31.2 Å². The summed E-state index contributed by atoms with van der Waals surface area (Å²) in [5.74, 6) is 0.265. The molecule has 2 aliphatic rings. The Balaban J connectivity index is 1.80. The van der Waals surface area contributed by atoms with Crippen molar-refractivity contribution < 1.29 is 8.42 Å². The SMILES string of the molecule is CCc1ccc2c(c1)S(=O)(=O)N=C(NN1CCN(C)CC1)N2. The van der Waals surface area contributed by atoms with E-state index in [1.807, 2.05) is 18.0 Å². The number of nitrogens with zero attached hydrogens (tertiary/aromatic N) is 3. The van der Waals surface area contributed by atoms with Gasteiger partial charge in [-0.3, -0.25) is 5.43 Å². The molecule has 1 saturated heterocycles. The molecule has 7 nitrogen and oxygen atoms in total. The Hall–Kier alpha value is -1.64. The van der Waals surface area contributed by atoms with E-state index in [0.29, 0.717) is 5.69 Å². The largest absolute Gasteiger partial charge is 0.323 e. The maximum Gasteiger partial charge on any atom is 0.287 e. The van der Waals surface area contributed by atoms with E-state index < -0.39 is 10.0 Å². The summed E-state index contributed by atoms with van der Waals surface area (Å²) in [5.41, 5.74) is 4.62. The zero-order valence-electron chi connectivity index (χ0n) is 12.8. The Bertz CT molecular complexity index is 693. The van der Waals surface area contributed by atoms with E-state index in [0.717, 1.165) is 38.2 Å². The molecule has 0 unspecified atom stereocenters. The highest BCUT2D eigenvalue weighted by Gasteiger charge is 2.26. The average molecular weight is 323 g/mol. The zero-order valence-corrected chi connectivity index (χ0v) is 13.7. The van der Waals surface area contributed by atoms with Gasteiger partial charge in [-0.1, -0.05) is 13.0 Å². The lowest BCUT2D eigenvalue weighted by molar-refractivity contribution is 0.131. The van der Waals surface area contributed by atoms with Gasteiger partial charge >= 0.3 is 0 Å². The highest BCUT2D eigenvalue weighted by Crippen LogP contribution is 2.28. The number of anilines is 1. The van der Waals surface area contributed by atoms with E-state index in [1.165, 1.54) is 0 Å². The van der Waals surface area contributed by atoms with Crippen LogP contribution in [0.4, 0.5) is 5.69 Å². The Morgan fingerprint density at radius 2 is 2.00 bits per heavy atom. The van der Waals surface area contributed by atoms with E-state index in [-0.39, 0.29) is 10.9 Å². The summed E-state index contributed by atoms with van der Waals surface area (Å²) in [6.45, 7) is 5.50. The van der Waals surface area contributed by atoms with Gasteiger partial charge in [-0.2, -0.15) is 8.42 Å². The molecule has 0 aliphatic carbocycles. The molecule has 0 saturated carbocycles. The number of sulfonamides is 1. The van der Waals surface area contributed by atoms with Gasteiger partial charge in [-0.15, -0.1) is 4.40 Å². The number of fused-ring (bicyclic) bond motifs is 1. The summed E-state index contributed by atoms with van der Waals surface area (Å²) in [7, 11) is -1.59. The first-order valence-corrected chi connectivity index (χ1v) is 8.87. The third kappa shape index (κ3) is 3.08. The van der Waals surface area contributed by atoms with Crippen LogP contribution in [0.5, 0.6) is 0 Å². The molecule has 2 heterocycles. The Morgan fingerprint density at radius 3 is 2.68 bits per heavy atom. The molecule has 2 N–H and O–H groups in total. The van der Waals surface area contributed by atoms with Gasteiger partial charge in [0.15, 0.2) is 0 Å². The van der Waals surface area contributed by atoms with Crippen molar-refractivity contribution >= 4 is 21.7 Å². The van der Waals surface area contributed by atoms with E-state index in [1.54, 1.807) is 12.1 Å². The molecule has 0 spiro atoms. The van der Waals surface area contributed by atoms with E-state index in [2.05, 4.69) is 27.1 Å². The van der Waals surface area contributed by atoms with Crippen LogP contribution in [0.25, 0.3) is 0 Å². The summed E-state index contributed by atoms with van der Waals surface area (Å²) in [6, 6.07) is 5.42. The number of rotatable bonds is 2. The van der Waals surface area contributed by atoms with Crippen LogP contribution in [0.1, 0.15) is 12.5 Å². The summed E-state index contributed by atoms with van der Waals surface area (Å²) in [5, 5.41) is 5.05. The molecule has 1 aromatic rings. The maximum absolute atomic E-state index is 12.4. The number of likely N-dealkylation sites (N-methyl/N-ethyl adjacent to an activating group) is 1. The van der Waals surface area contributed by atoms with E-state index in [4.69, 9.17) is 0 Å². The summed E-state index contributed by atoms with van der Waals surface area (Å²) < 4.78 is 28.6. The van der Waals surface area contributed by atoms with Crippen molar-refractivity contribution in [3.8, 4) is 0 Å². The van der Waals surface area contributed by atoms with Crippen molar-refractivity contribution in [1.29, 1.82) is 0 Å². The number of guanidine groups is 1. The van der Waals surface area contributed by atoms with Gasteiger partial charge in [0.2, 0.25) is 5.96 Å². The number of benzene rings is 1. The monoisotopic (exact) mass is 323 g/mol. The molecule has 0 bridgehead atoms. The van der Waals surface area contributed by atoms with Crippen molar-refractivity contribution in [2.24, 2.45) is 4.40 Å². The van der Waals surface area contributed by atoms with Gasteiger partial charge < -0.3 is 10.2 Å². The van der Waals surface area contributed by atoms with Crippen LogP contribution in [-0.4, -0.2) is 57.5 Å². The predicted octanol–water partition coefficient (Wildman–Crippen LogP) is 0.471. The van der Waals surface area contributed by atoms with Crippen molar-refractivity contribution in [3.05, 3.63) is 23.8 Å². The molecule has 2 aliphatic heterocycles. The Kier molecular flexibility index (Phi) is 4.07. The number of nitrogens with one attached hydrogen (secondary N) is 2. The summed E-state index contributed by atoms with van der Waals surface area (Å²) in [4.78, 5) is 2.47. The molecule has 120 valence electrons. The normalized spacial score (nSPS) is 21.6. The minimum atomic E-state index is -3.66. The number of aryl methyl sites for hydroxylation is 1. The first kappa shape index (κ1) is 15.3. The minimum absolute atomic E-state index is 0.246. The molecule has 8 heteroatoms. The number of hydrogen-bond acceptors (Lipinski definition) is 6. The van der Waals surface area contributed by atoms with Crippen molar-refractivity contribution in [3.63, 3.8) is 0 Å². The number of hydrogen-bond donors (Lipinski definition) is 2. The smallest absolute Gasteiger partial charge is 0.287 e. The standard InChI is InChI=1S/C14H21N5O2S/c1-3-11-4-5-12-13(10-11)22(20,21)17-14(15-12)16-19-8-6-18(2)7-9-19/h4-5,10H,3,6-9H2,1-2H3,(H2,15,16,17). The first-order valence-electron chi connectivity index (χ1n) is 7.43. The van der Waals surface area contributed by atoms with Gasteiger partial charge in [0.25, 0.3) is 10.0 Å². The molecule has 1 aromatic carbocycles. The Labute approximate surface area is 131 Å². The van der Waals surface area contributed by atoms with Crippen molar-refractivity contribution in [2.75, 3.05) is 38.5 Å². The van der Waals surface area contributed by atoms with Gasteiger partial charge in [0.1, 0.15) is 4.90 Å². The zero-order chi connectivity index (χ0) is 15.7. The van der Waals surface area contributed by atoms with Crippen molar-refractivity contribution in [1.82, 2.24) is 15.3 Å². The molecule has 1 fully saturated rings. The van der Waals surface area contributed by atoms with Crippen molar-refractivity contribution in [2.45, 2.75) is 18.2 Å². The van der Waals surface area contributed by atoms with Gasteiger partial charge in [-0.25, -0.2) is 5.01 Å². The molecular weight excluding hydrogens is 302 g/mol. The molecule has 3 rings (SSSR count). The molecule has 0 atom stereocenters. The van der Waals surface area contributed by atoms with E-state index >= 15 is 0 Å². The molecular formula is C14H21N5O2S. The fourth-order valence-electron chi connectivity index (χ4n) is 2.54. The molecule has 0 amide bonds. The van der Waals surface area contributed by atoms with Crippen LogP contribution in [0.3, 0.4) is 0 Å². The lowest BCUT2D eigenvalue weighted by Gasteiger charge is -2.33. The fraction of sp³-hybridized carbons (Fsp3) is 0.500. The lowest BCUT2D eigenvalue weighted by Crippen LogP contribution is -2.54. The predicted molar refractivity (Wildman–Crippen MR) is 86.3 cm³/mol. The highest BCUT2D eigenvalue weighted by atomic mass is 32.2. The van der Waals surface area contributed by atoms with Crippen LogP contribution in [0.2, 0.25) is 0 Å². The quantitative estimate of drug-likeness (QED) is 0.824. The fourth-order valence-corrected chi connectivity index (χ4v) is 3.66.